The summed E-state index contributed by atoms with van der Waals surface area (Å²) in [6.07, 6.45) is 1.58. The molecule has 0 spiro atoms. The second kappa shape index (κ2) is 6.48. The zero-order valence-electron chi connectivity index (χ0n) is 12.6. The molecule has 1 aliphatic heterocycles. The lowest BCUT2D eigenvalue weighted by molar-refractivity contribution is -0.235. The second-order valence-corrected chi connectivity index (χ2v) is 6.11. The molecule has 0 aromatic rings. The number of ether oxygens (including phenoxy) is 1. The van der Waals surface area contributed by atoms with Gasteiger partial charge in [0.1, 0.15) is 5.78 Å². The highest BCUT2D eigenvalue weighted by Gasteiger charge is 2.38. The third-order valence-electron chi connectivity index (χ3n) is 3.28. The molecular formula is C14H25NO4. The number of nitrogens with zero attached hydrogens (tertiary/aromatic N) is 1. The molecule has 0 amide bonds. The molecule has 1 heterocycles. The van der Waals surface area contributed by atoms with Crippen LogP contribution in [0.3, 0.4) is 0 Å². The largest absolute Gasteiger partial charge is 0.383 e. The van der Waals surface area contributed by atoms with E-state index in [1.165, 1.54) is 0 Å². The number of Topliss-reactive ketones (excluding diaryl/α,β-unsaturated/α-hetero) is 1. The predicted molar refractivity (Wildman–Crippen MR) is 71.4 cm³/mol. The Morgan fingerprint density at radius 2 is 1.89 bits per heavy atom. The lowest BCUT2D eigenvalue weighted by Crippen LogP contribution is -2.52. The number of hydroxylamine groups is 2. The third-order valence-corrected chi connectivity index (χ3v) is 3.28. The molecule has 19 heavy (non-hydrogen) atoms. The van der Waals surface area contributed by atoms with Crippen molar-refractivity contribution in [2.24, 2.45) is 5.41 Å². The molecule has 2 atom stereocenters. The summed E-state index contributed by atoms with van der Waals surface area (Å²) in [6.45, 7) is 7.83. The maximum absolute atomic E-state index is 12.0. The van der Waals surface area contributed by atoms with Crippen LogP contribution >= 0.6 is 0 Å². The van der Waals surface area contributed by atoms with Crippen LogP contribution in [0.1, 0.15) is 47.0 Å². The monoisotopic (exact) mass is 271 g/mol. The van der Waals surface area contributed by atoms with Gasteiger partial charge in [0.2, 0.25) is 0 Å². The lowest BCUT2D eigenvalue weighted by Gasteiger charge is -2.39. The molecule has 0 N–H and O–H groups in total. The highest BCUT2D eigenvalue weighted by atomic mass is 16.7. The Labute approximate surface area is 115 Å². The summed E-state index contributed by atoms with van der Waals surface area (Å²) in [5.74, 6) is -0.0710. The van der Waals surface area contributed by atoms with Gasteiger partial charge in [-0.05, 0) is 27.2 Å². The maximum atomic E-state index is 12.0. The Balaban J connectivity index is 2.83. The maximum Gasteiger partial charge on any atom is 0.330 e. The zero-order valence-corrected chi connectivity index (χ0v) is 12.6. The summed E-state index contributed by atoms with van der Waals surface area (Å²) in [4.78, 5) is 29.3. The van der Waals surface area contributed by atoms with Gasteiger partial charge in [0.15, 0.2) is 0 Å². The van der Waals surface area contributed by atoms with Crippen molar-refractivity contribution in [2.75, 3.05) is 13.7 Å². The van der Waals surface area contributed by atoms with Gasteiger partial charge in [-0.15, -0.1) is 5.06 Å². The van der Waals surface area contributed by atoms with E-state index < -0.39 is 5.41 Å². The molecule has 1 saturated heterocycles. The topological polar surface area (TPSA) is 55.8 Å². The summed E-state index contributed by atoms with van der Waals surface area (Å²) < 4.78 is 5.13. The van der Waals surface area contributed by atoms with E-state index in [1.54, 1.807) is 12.2 Å². The Morgan fingerprint density at radius 1 is 1.32 bits per heavy atom. The number of hydrogen-bond acceptors (Lipinski definition) is 5. The van der Waals surface area contributed by atoms with Gasteiger partial charge >= 0.3 is 5.97 Å². The van der Waals surface area contributed by atoms with Gasteiger partial charge in [-0.25, -0.2) is 4.79 Å². The fourth-order valence-corrected chi connectivity index (χ4v) is 2.12. The Kier molecular flexibility index (Phi) is 5.50. The van der Waals surface area contributed by atoms with Gasteiger partial charge in [0, 0.05) is 20.0 Å². The van der Waals surface area contributed by atoms with Crippen molar-refractivity contribution < 1.29 is 19.2 Å². The molecule has 1 rings (SSSR count). The Hall–Kier alpha value is -0.940. The van der Waals surface area contributed by atoms with E-state index in [-0.39, 0.29) is 23.8 Å². The smallest absolute Gasteiger partial charge is 0.330 e. The molecule has 1 aliphatic rings. The number of methoxy groups -OCH3 is 1. The quantitative estimate of drug-likeness (QED) is 0.782. The van der Waals surface area contributed by atoms with Crippen LogP contribution in [0.4, 0.5) is 0 Å². The first kappa shape index (κ1) is 16.1. The van der Waals surface area contributed by atoms with Crippen LogP contribution in [0.2, 0.25) is 0 Å². The Morgan fingerprint density at radius 3 is 2.37 bits per heavy atom. The molecule has 0 saturated carbocycles. The third kappa shape index (κ3) is 4.28. The minimum Gasteiger partial charge on any atom is -0.383 e. The van der Waals surface area contributed by atoms with E-state index in [9.17, 15) is 9.59 Å². The van der Waals surface area contributed by atoms with E-state index in [4.69, 9.17) is 9.57 Å². The van der Waals surface area contributed by atoms with Gasteiger partial charge in [-0.1, -0.05) is 6.92 Å². The molecule has 0 radical (unpaired) electrons. The van der Waals surface area contributed by atoms with Crippen LogP contribution in [0.5, 0.6) is 0 Å². The molecule has 5 heteroatoms. The second-order valence-electron chi connectivity index (χ2n) is 6.11. The van der Waals surface area contributed by atoms with Crippen molar-refractivity contribution in [3.05, 3.63) is 0 Å². The molecule has 2 unspecified atom stereocenters. The summed E-state index contributed by atoms with van der Waals surface area (Å²) in [5.41, 5.74) is -0.558. The summed E-state index contributed by atoms with van der Waals surface area (Å²) >= 11 is 0. The first-order valence-corrected chi connectivity index (χ1v) is 6.81. The van der Waals surface area contributed by atoms with Gasteiger partial charge < -0.3 is 9.57 Å². The average molecular weight is 271 g/mol. The standard InChI is InChI=1S/C14H25NO4/c1-6-10-7-12(16)8-11(9-18-5)15(10)19-13(17)14(2,3)4/h10-11H,6-9H2,1-5H3. The molecule has 0 aliphatic carbocycles. The van der Waals surface area contributed by atoms with Crippen LogP contribution in [-0.4, -0.2) is 42.6 Å². The molecule has 0 aromatic carbocycles. The van der Waals surface area contributed by atoms with Crippen LogP contribution in [0.15, 0.2) is 0 Å². The normalized spacial score (nSPS) is 25.4. The predicted octanol–water partition coefficient (Wildman–Crippen LogP) is 1.95. The minimum atomic E-state index is -0.558. The molecule has 0 bridgehead atoms. The van der Waals surface area contributed by atoms with Crippen molar-refractivity contribution in [2.45, 2.75) is 59.0 Å². The Bertz CT molecular complexity index is 335. The van der Waals surface area contributed by atoms with Crippen LogP contribution in [0, 0.1) is 5.41 Å². The summed E-state index contributed by atoms with van der Waals surface area (Å²) in [5, 5.41) is 1.68. The number of ketones is 1. The van der Waals surface area contributed by atoms with Crippen molar-refractivity contribution >= 4 is 11.8 Å². The van der Waals surface area contributed by atoms with Gasteiger partial charge in [-0.3, -0.25) is 4.79 Å². The molecule has 110 valence electrons. The number of carbonyl (C=O) groups is 2. The van der Waals surface area contributed by atoms with Crippen LogP contribution < -0.4 is 0 Å². The highest BCUT2D eigenvalue weighted by molar-refractivity contribution is 5.81. The van der Waals surface area contributed by atoms with E-state index in [1.807, 2.05) is 27.7 Å². The van der Waals surface area contributed by atoms with Crippen molar-refractivity contribution in [1.82, 2.24) is 5.06 Å². The van der Waals surface area contributed by atoms with E-state index in [0.717, 1.165) is 6.42 Å². The molecular weight excluding hydrogens is 246 g/mol. The number of piperidine rings is 1. The van der Waals surface area contributed by atoms with Crippen molar-refractivity contribution in [3.63, 3.8) is 0 Å². The lowest BCUT2D eigenvalue weighted by atomic mass is 9.95. The van der Waals surface area contributed by atoms with E-state index in [2.05, 4.69) is 0 Å². The minimum absolute atomic E-state index is 0.0484. The molecule has 1 fully saturated rings. The highest BCUT2D eigenvalue weighted by Crippen LogP contribution is 2.26. The average Bonchev–Trinajstić information content (AvgIpc) is 2.30. The SMILES string of the molecule is CCC1CC(=O)CC(COC)N1OC(=O)C(C)(C)C. The number of hydrogen-bond donors (Lipinski definition) is 0. The fraction of sp³-hybridized carbons (Fsp3) is 0.857. The van der Waals surface area contributed by atoms with Gasteiger partial charge in [-0.2, -0.15) is 0 Å². The van der Waals surface area contributed by atoms with E-state index in [0.29, 0.717) is 19.4 Å². The zero-order chi connectivity index (χ0) is 14.6. The number of rotatable bonds is 4. The fourth-order valence-electron chi connectivity index (χ4n) is 2.12. The van der Waals surface area contributed by atoms with Crippen LogP contribution in [0.25, 0.3) is 0 Å². The molecule has 5 nitrogen and oxygen atoms in total. The number of carbonyl (C=O) groups excluding carboxylic acids is 2. The first-order valence-electron chi connectivity index (χ1n) is 6.81. The van der Waals surface area contributed by atoms with Crippen molar-refractivity contribution in [3.8, 4) is 0 Å². The summed E-state index contributed by atoms with van der Waals surface area (Å²) in [7, 11) is 1.59. The van der Waals surface area contributed by atoms with E-state index >= 15 is 0 Å². The van der Waals surface area contributed by atoms with Gasteiger partial charge in [0.25, 0.3) is 0 Å². The first-order chi connectivity index (χ1) is 8.79. The van der Waals surface area contributed by atoms with Crippen LogP contribution in [-0.2, 0) is 19.2 Å². The van der Waals surface area contributed by atoms with Gasteiger partial charge in [0.05, 0.1) is 24.1 Å². The molecule has 0 aromatic heterocycles. The summed E-state index contributed by atoms with van der Waals surface area (Å²) in [6, 6.07) is -0.227. The van der Waals surface area contributed by atoms with Crippen molar-refractivity contribution in [1.29, 1.82) is 0 Å².